The van der Waals surface area contributed by atoms with Crippen molar-refractivity contribution in [3.63, 3.8) is 0 Å². The molecule has 11 nitrogen and oxygen atoms in total. The molecule has 11 heteroatoms. The van der Waals surface area contributed by atoms with Gasteiger partial charge in [0.25, 0.3) is 0 Å². The van der Waals surface area contributed by atoms with Gasteiger partial charge in [-0.15, -0.1) is 0 Å². The number of rotatable bonds is 6. The lowest BCUT2D eigenvalue weighted by molar-refractivity contribution is -0.191. The molecule has 128 valence electrons. The van der Waals surface area contributed by atoms with E-state index in [1.54, 1.807) is 0 Å². The zero-order valence-corrected chi connectivity index (χ0v) is 12.1. The number of carbonyl (C=O) groups excluding carboxylic acids is 2. The highest BCUT2D eigenvalue weighted by Gasteiger charge is 2.65. The maximum atomic E-state index is 12.3. The third-order valence-corrected chi connectivity index (χ3v) is 4.45. The molecular weight excluding hydrogens is 300 g/mol. The van der Waals surface area contributed by atoms with Gasteiger partial charge in [-0.05, 0) is 6.92 Å². The van der Waals surface area contributed by atoms with Crippen LogP contribution in [0.1, 0.15) is 6.92 Å². The number of amides is 4. The Morgan fingerprint density at radius 2 is 1.73 bits per heavy atom. The van der Waals surface area contributed by atoms with Crippen LogP contribution in [-0.2, 0) is 0 Å². The molecule has 1 saturated heterocycles. The van der Waals surface area contributed by atoms with E-state index in [4.69, 9.17) is 5.73 Å². The summed E-state index contributed by atoms with van der Waals surface area (Å²) in [5, 5.41) is 50.4. The Morgan fingerprint density at radius 1 is 1.18 bits per heavy atom. The van der Waals surface area contributed by atoms with Crippen LogP contribution in [-0.4, -0.2) is 92.4 Å². The molecule has 0 bridgehead atoms. The van der Waals surface area contributed by atoms with Crippen molar-refractivity contribution < 1.29 is 35.1 Å². The molecule has 2 unspecified atom stereocenters. The van der Waals surface area contributed by atoms with Gasteiger partial charge < -0.3 is 36.6 Å². The first-order valence-electron chi connectivity index (χ1n) is 6.52. The molecule has 22 heavy (non-hydrogen) atoms. The smallest absolute Gasteiger partial charge is 0.325 e. The lowest BCUT2D eigenvalue weighted by atomic mass is 9.68. The maximum Gasteiger partial charge on any atom is 0.325 e. The van der Waals surface area contributed by atoms with Crippen LogP contribution < -0.4 is 11.1 Å². The van der Waals surface area contributed by atoms with Gasteiger partial charge in [-0.1, -0.05) is 0 Å². The molecule has 1 fully saturated rings. The van der Waals surface area contributed by atoms with Crippen molar-refractivity contribution in [2.45, 2.75) is 18.6 Å². The third-order valence-electron chi connectivity index (χ3n) is 4.45. The molecule has 2 atom stereocenters. The van der Waals surface area contributed by atoms with E-state index >= 15 is 0 Å². The summed E-state index contributed by atoms with van der Waals surface area (Å²) in [4.78, 5) is 25.2. The number of carbonyl (C=O) groups is 2. The van der Waals surface area contributed by atoms with Crippen LogP contribution >= 0.6 is 0 Å². The number of hydrogen-bond donors (Lipinski definition) is 7. The van der Waals surface area contributed by atoms with Crippen molar-refractivity contribution in [3.05, 3.63) is 0 Å². The van der Waals surface area contributed by atoms with Crippen molar-refractivity contribution in [1.29, 1.82) is 0 Å². The number of nitrogens with one attached hydrogen (secondary N) is 1. The van der Waals surface area contributed by atoms with Crippen LogP contribution in [0.4, 0.5) is 9.59 Å². The van der Waals surface area contributed by atoms with Gasteiger partial charge in [0.1, 0.15) is 13.5 Å². The Balaban J connectivity index is 3.61. The molecular formula is C11H22N4O7. The number of nitrogens with two attached hydrogens (primary N) is 1. The summed E-state index contributed by atoms with van der Waals surface area (Å²) in [6, 6.07) is -3.02. The Bertz CT molecular complexity index is 431. The van der Waals surface area contributed by atoms with E-state index in [9.17, 15) is 35.1 Å². The summed E-state index contributed by atoms with van der Waals surface area (Å²) in [6.07, 6.45) is 0. The summed E-state index contributed by atoms with van der Waals surface area (Å²) in [7, 11) is 0. The topological polar surface area (TPSA) is 180 Å². The van der Waals surface area contributed by atoms with Gasteiger partial charge in [0.2, 0.25) is 0 Å². The number of aliphatic hydroxyl groups is 5. The zero-order chi connectivity index (χ0) is 17.1. The second kappa shape index (κ2) is 6.62. The first-order chi connectivity index (χ1) is 10.3. The van der Waals surface area contributed by atoms with Crippen molar-refractivity contribution in [1.82, 2.24) is 15.1 Å². The monoisotopic (exact) mass is 322 g/mol. The van der Waals surface area contributed by atoms with Crippen LogP contribution in [0.3, 0.4) is 0 Å². The summed E-state index contributed by atoms with van der Waals surface area (Å²) in [5.41, 5.74) is 1.34. The van der Waals surface area contributed by atoms with Crippen LogP contribution in [0.5, 0.6) is 0 Å². The number of aliphatic hydroxyl groups excluding tert-OH is 5. The van der Waals surface area contributed by atoms with E-state index in [2.05, 4.69) is 5.32 Å². The van der Waals surface area contributed by atoms with Gasteiger partial charge in [-0.2, -0.15) is 0 Å². The Morgan fingerprint density at radius 3 is 2.05 bits per heavy atom. The summed E-state index contributed by atoms with van der Waals surface area (Å²) < 4.78 is 0. The summed E-state index contributed by atoms with van der Waals surface area (Å²) in [5.74, 6) is 0. The minimum Gasteiger partial charge on any atom is -0.395 e. The molecule has 8 N–H and O–H groups in total. The van der Waals surface area contributed by atoms with Gasteiger partial charge in [0.05, 0.1) is 25.2 Å². The highest BCUT2D eigenvalue weighted by atomic mass is 16.3. The fraction of sp³-hybridized carbons (Fsp3) is 0.818. The van der Waals surface area contributed by atoms with Crippen LogP contribution in [0.2, 0.25) is 0 Å². The lowest BCUT2D eigenvalue weighted by Crippen LogP contribution is -2.84. The molecule has 0 radical (unpaired) electrons. The second-order valence-corrected chi connectivity index (χ2v) is 5.12. The Hall–Kier alpha value is -1.66. The molecule has 1 aliphatic rings. The quantitative estimate of drug-likeness (QED) is 0.263. The zero-order valence-electron chi connectivity index (χ0n) is 12.1. The average molecular weight is 322 g/mol. The van der Waals surface area contributed by atoms with Gasteiger partial charge in [-0.3, -0.25) is 9.80 Å². The van der Waals surface area contributed by atoms with E-state index in [-0.39, 0.29) is 0 Å². The molecule has 0 aliphatic carbocycles. The fourth-order valence-electron chi connectivity index (χ4n) is 3.01. The minimum absolute atomic E-state index is 0.625. The predicted octanol–water partition coefficient (Wildman–Crippen LogP) is -3.66. The number of primary amides is 1. The molecule has 0 aromatic rings. The first kappa shape index (κ1) is 18.4. The van der Waals surface area contributed by atoms with E-state index in [0.717, 1.165) is 4.90 Å². The van der Waals surface area contributed by atoms with Crippen molar-refractivity contribution >= 4 is 12.1 Å². The maximum absolute atomic E-state index is 12.3. The normalized spacial score (nSPS) is 27.9. The van der Waals surface area contributed by atoms with Crippen LogP contribution in [0.15, 0.2) is 0 Å². The molecule has 0 spiro atoms. The molecule has 0 saturated carbocycles. The van der Waals surface area contributed by atoms with Crippen molar-refractivity contribution in [2.75, 3.05) is 33.3 Å². The average Bonchev–Trinajstić information content (AvgIpc) is 2.48. The molecule has 1 heterocycles. The number of hydrogen-bond acceptors (Lipinski definition) is 7. The summed E-state index contributed by atoms with van der Waals surface area (Å²) >= 11 is 0. The lowest BCUT2D eigenvalue weighted by Gasteiger charge is -2.61. The van der Waals surface area contributed by atoms with Crippen LogP contribution in [0.25, 0.3) is 0 Å². The van der Waals surface area contributed by atoms with E-state index in [1.165, 1.54) is 6.92 Å². The predicted molar refractivity (Wildman–Crippen MR) is 71.8 cm³/mol. The van der Waals surface area contributed by atoms with Crippen molar-refractivity contribution in [3.8, 4) is 0 Å². The Labute approximate surface area is 126 Å². The molecule has 0 aromatic carbocycles. The molecule has 4 amide bonds. The standard InChI is InChI=1S/C11H22N4O7/c1-7-10(2-16,3-17)11(4-18,13-8(12)21)15(6-20)9(22)14(7)5-19/h7,16-20H,2-6H2,1H3,(H3,12,13,21). The van der Waals surface area contributed by atoms with E-state index < -0.39 is 62.5 Å². The van der Waals surface area contributed by atoms with Gasteiger partial charge in [0, 0.05) is 6.04 Å². The Kier molecular flexibility index (Phi) is 5.54. The second-order valence-electron chi connectivity index (χ2n) is 5.12. The van der Waals surface area contributed by atoms with Gasteiger partial charge in [-0.25, -0.2) is 9.59 Å². The highest BCUT2D eigenvalue weighted by molar-refractivity contribution is 5.80. The SMILES string of the molecule is CC1N(CO)C(=O)N(CO)C(CO)(NC(N)=O)C1(CO)CO. The van der Waals surface area contributed by atoms with Crippen LogP contribution in [0, 0.1) is 5.41 Å². The molecule has 1 aliphatic heterocycles. The van der Waals surface area contributed by atoms with Gasteiger partial charge >= 0.3 is 12.1 Å². The largest absolute Gasteiger partial charge is 0.395 e. The number of nitrogens with zero attached hydrogens (tertiary/aromatic N) is 2. The summed E-state index contributed by atoms with van der Waals surface area (Å²) in [6.45, 7) is -2.76. The van der Waals surface area contributed by atoms with E-state index in [1.807, 2.05) is 0 Å². The minimum atomic E-state index is -2.04. The number of urea groups is 2. The van der Waals surface area contributed by atoms with Crippen molar-refractivity contribution in [2.24, 2.45) is 11.1 Å². The molecule has 1 rings (SSSR count). The third kappa shape index (κ3) is 2.27. The van der Waals surface area contributed by atoms with E-state index in [0.29, 0.717) is 4.90 Å². The first-order valence-corrected chi connectivity index (χ1v) is 6.52. The van der Waals surface area contributed by atoms with Gasteiger partial charge in [0.15, 0.2) is 5.66 Å². The fourth-order valence-corrected chi connectivity index (χ4v) is 3.01. The highest BCUT2D eigenvalue weighted by Crippen LogP contribution is 2.43. The molecule has 0 aromatic heterocycles.